The van der Waals surface area contributed by atoms with Crippen molar-refractivity contribution in [2.75, 3.05) is 0 Å². The van der Waals surface area contributed by atoms with Gasteiger partial charge >= 0.3 is 0 Å². The van der Waals surface area contributed by atoms with E-state index in [0.29, 0.717) is 16.2 Å². The van der Waals surface area contributed by atoms with Crippen molar-refractivity contribution in [2.24, 2.45) is 39.9 Å². The number of hydrogen-bond donors (Lipinski definition) is 1. The maximum Gasteiger partial charge on any atom is 0.0577 e. The summed E-state index contributed by atoms with van der Waals surface area (Å²) in [6.07, 6.45) is 18.6. The van der Waals surface area contributed by atoms with E-state index in [1.165, 1.54) is 64.2 Å². The Kier molecular flexibility index (Phi) is 5.56. The third-order valence-corrected chi connectivity index (χ3v) is 10.0. The smallest absolute Gasteiger partial charge is 0.0577 e. The Morgan fingerprint density at radius 2 is 1.79 bits per heavy atom. The summed E-state index contributed by atoms with van der Waals surface area (Å²) >= 11 is 0. The molecule has 0 bridgehead atoms. The summed E-state index contributed by atoms with van der Waals surface area (Å²) in [6, 6.07) is 0. The molecule has 4 unspecified atom stereocenters. The molecule has 0 aromatic rings. The van der Waals surface area contributed by atoms with Gasteiger partial charge in [0.05, 0.1) is 6.10 Å². The number of aliphatic hydroxyl groups excluding tert-OH is 1. The third-order valence-electron chi connectivity index (χ3n) is 10.0. The molecular formula is C27H46O. The van der Waals surface area contributed by atoms with Crippen molar-refractivity contribution in [3.63, 3.8) is 0 Å². The van der Waals surface area contributed by atoms with E-state index in [0.717, 1.165) is 36.5 Å². The van der Waals surface area contributed by atoms with Gasteiger partial charge in [-0.05, 0) is 104 Å². The van der Waals surface area contributed by atoms with E-state index >= 15 is 0 Å². The number of rotatable bonds is 4. The van der Waals surface area contributed by atoms with Crippen molar-refractivity contribution in [1.29, 1.82) is 0 Å². The highest BCUT2D eigenvalue weighted by atomic mass is 16.3. The second-order valence-electron chi connectivity index (χ2n) is 12.8. The second kappa shape index (κ2) is 7.44. The highest BCUT2D eigenvalue weighted by Gasteiger charge is 2.58. The van der Waals surface area contributed by atoms with Crippen LogP contribution in [0.15, 0.2) is 11.6 Å². The number of hydrogen-bond acceptors (Lipinski definition) is 1. The maximum atomic E-state index is 10.2. The lowest BCUT2D eigenvalue weighted by molar-refractivity contribution is -0.0509. The molecule has 4 aliphatic carbocycles. The fraction of sp³-hybridized carbons (Fsp3) is 0.926. The molecule has 1 N–H and O–H groups in total. The molecule has 4 aliphatic rings. The fourth-order valence-corrected chi connectivity index (χ4v) is 8.27. The first-order valence-corrected chi connectivity index (χ1v) is 12.5. The molecule has 1 heteroatoms. The predicted octanol–water partition coefficient (Wildman–Crippen LogP) is 7.53. The van der Waals surface area contributed by atoms with Gasteiger partial charge in [-0.1, -0.05) is 59.1 Å². The molecule has 3 saturated carbocycles. The van der Waals surface area contributed by atoms with Crippen LogP contribution >= 0.6 is 0 Å². The summed E-state index contributed by atoms with van der Waals surface area (Å²) in [5, 5.41) is 10.2. The van der Waals surface area contributed by atoms with Gasteiger partial charge in [-0.25, -0.2) is 0 Å². The Labute approximate surface area is 174 Å². The van der Waals surface area contributed by atoms with Crippen LogP contribution in [0.1, 0.15) is 112 Å². The highest BCUT2D eigenvalue weighted by molar-refractivity contribution is 5.25. The molecule has 4 rings (SSSR count). The van der Waals surface area contributed by atoms with Crippen LogP contribution in [0.4, 0.5) is 0 Å². The SMILES string of the molecule is CC(C)(C)CCCC[C@H]1CCC2[C@@H]3CC=C4CC(O)CCC4(C)C3CC[C@@]21C. The van der Waals surface area contributed by atoms with Crippen LogP contribution in [-0.2, 0) is 0 Å². The van der Waals surface area contributed by atoms with E-state index in [1.807, 2.05) is 0 Å². The molecule has 3 fully saturated rings. The maximum absolute atomic E-state index is 10.2. The first-order chi connectivity index (χ1) is 13.1. The van der Waals surface area contributed by atoms with Crippen molar-refractivity contribution >= 4 is 0 Å². The normalized spacial score (nSPS) is 45.8. The zero-order valence-corrected chi connectivity index (χ0v) is 19.4. The molecule has 0 amide bonds. The van der Waals surface area contributed by atoms with Gasteiger partial charge in [0.1, 0.15) is 0 Å². The van der Waals surface area contributed by atoms with Gasteiger partial charge in [0.2, 0.25) is 0 Å². The van der Waals surface area contributed by atoms with Gasteiger partial charge in [-0.2, -0.15) is 0 Å². The van der Waals surface area contributed by atoms with Crippen LogP contribution in [0.5, 0.6) is 0 Å². The first-order valence-electron chi connectivity index (χ1n) is 12.5. The Morgan fingerprint density at radius 3 is 2.54 bits per heavy atom. The first kappa shape index (κ1) is 21.0. The minimum absolute atomic E-state index is 0.0753. The molecule has 160 valence electrons. The molecule has 0 aromatic heterocycles. The van der Waals surface area contributed by atoms with Crippen molar-refractivity contribution < 1.29 is 5.11 Å². The van der Waals surface area contributed by atoms with Crippen LogP contribution in [0.25, 0.3) is 0 Å². The third kappa shape index (κ3) is 3.63. The second-order valence-corrected chi connectivity index (χ2v) is 12.8. The quantitative estimate of drug-likeness (QED) is 0.391. The lowest BCUT2D eigenvalue weighted by Crippen LogP contribution is -2.50. The predicted molar refractivity (Wildman–Crippen MR) is 119 cm³/mol. The Balaban J connectivity index is 1.43. The molecule has 0 aliphatic heterocycles. The summed E-state index contributed by atoms with van der Waals surface area (Å²) in [5.41, 5.74) is 3.12. The summed E-state index contributed by atoms with van der Waals surface area (Å²) < 4.78 is 0. The van der Waals surface area contributed by atoms with Crippen LogP contribution in [0.2, 0.25) is 0 Å². The van der Waals surface area contributed by atoms with Crippen molar-refractivity contribution in [3.05, 3.63) is 11.6 Å². The van der Waals surface area contributed by atoms with Crippen LogP contribution < -0.4 is 0 Å². The van der Waals surface area contributed by atoms with Crippen LogP contribution in [0, 0.1) is 39.9 Å². The molecule has 7 atom stereocenters. The van der Waals surface area contributed by atoms with Crippen molar-refractivity contribution in [2.45, 2.75) is 118 Å². The number of unbranched alkanes of at least 4 members (excludes halogenated alkanes) is 1. The van der Waals surface area contributed by atoms with Gasteiger partial charge in [0, 0.05) is 0 Å². The van der Waals surface area contributed by atoms with Gasteiger partial charge in [-0.3, -0.25) is 0 Å². The number of aliphatic hydroxyl groups is 1. The van der Waals surface area contributed by atoms with E-state index in [1.54, 1.807) is 5.57 Å². The molecule has 0 aromatic carbocycles. The zero-order chi connectivity index (χ0) is 20.2. The van der Waals surface area contributed by atoms with Crippen molar-refractivity contribution in [3.8, 4) is 0 Å². The topological polar surface area (TPSA) is 20.2 Å². The molecule has 0 heterocycles. The molecule has 1 nitrogen and oxygen atoms in total. The number of allylic oxidation sites excluding steroid dienone is 1. The minimum atomic E-state index is -0.0753. The van der Waals surface area contributed by atoms with Gasteiger partial charge in [0.15, 0.2) is 0 Å². The lowest BCUT2D eigenvalue weighted by Gasteiger charge is -2.58. The summed E-state index contributed by atoms with van der Waals surface area (Å²) in [5.74, 6) is 3.74. The minimum Gasteiger partial charge on any atom is -0.393 e. The molecule has 0 saturated heterocycles. The summed E-state index contributed by atoms with van der Waals surface area (Å²) in [4.78, 5) is 0. The van der Waals surface area contributed by atoms with Crippen LogP contribution in [0.3, 0.4) is 0 Å². The Morgan fingerprint density at radius 1 is 1.00 bits per heavy atom. The molecular weight excluding hydrogens is 340 g/mol. The van der Waals surface area contributed by atoms with Crippen LogP contribution in [-0.4, -0.2) is 11.2 Å². The Hall–Kier alpha value is -0.300. The van der Waals surface area contributed by atoms with Gasteiger partial charge in [0.25, 0.3) is 0 Å². The summed E-state index contributed by atoms with van der Waals surface area (Å²) in [7, 11) is 0. The zero-order valence-electron chi connectivity index (χ0n) is 19.4. The van der Waals surface area contributed by atoms with E-state index in [-0.39, 0.29) is 6.10 Å². The summed E-state index contributed by atoms with van der Waals surface area (Å²) in [6.45, 7) is 12.4. The van der Waals surface area contributed by atoms with Gasteiger partial charge < -0.3 is 5.11 Å². The largest absolute Gasteiger partial charge is 0.393 e. The highest BCUT2D eigenvalue weighted by Crippen LogP contribution is 2.66. The average molecular weight is 387 g/mol. The standard InChI is InChI=1S/C27H46O/c1-25(2,3)15-7-6-8-19-10-12-23-22-11-9-20-18-21(28)13-16-27(20,5)24(22)14-17-26(19,23)4/h9,19,21-24,28H,6-8,10-18H2,1-5H3/t19-,21?,22-,23?,24?,26+,27?/m0/s1. The van der Waals surface area contributed by atoms with Crippen molar-refractivity contribution in [1.82, 2.24) is 0 Å². The monoisotopic (exact) mass is 386 g/mol. The Bertz CT molecular complexity index is 598. The van der Waals surface area contributed by atoms with E-state index < -0.39 is 0 Å². The molecule has 28 heavy (non-hydrogen) atoms. The van der Waals surface area contributed by atoms with E-state index in [2.05, 4.69) is 40.7 Å². The average Bonchev–Trinajstić information content (AvgIpc) is 2.95. The molecule has 0 spiro atoms. The molecule has 0 radical (unpaired) electrons. The lowest BCUT2D eigenvalue weighted by atomic mass is 9.47. The fourth-order valence-electron chi connectivity index (χ4n) is 8.27. The van der Waals surface area contributed by atoms with E-state index in [9.17, 15) is 5.11 Å². The van der Waals surface area contributed by atoms with E-state index in [4.69, 9.17) is 0 Å². The number of fused-ring (bicyclic) bond motifs is 5. The van der Waals surface area contributed by atoms with Gasteiger partial charge in [-0.15, -0.1) is 0 Å².